The summed E-state index contributed by atoms with van der Waals surface area (Å²) in [5, 5.41) is 6.65. The minimum atomic E-state index is 0. The molecule has 33 heavy (non-hydrogen) atoms. The van der Waals surface area contributed by atoms with Crippen LogP contribution in [0.3, 0.4) is 0 Å². The Morgan fingerprint density at radius 1 is 1.30 bits per heavy atom. The van der Waals surface area contributed by atoms with Gasteiger partial charge in [-0.2, -0.15) is 0 Å². The number of halogens is 1. The highest BCUT2D eigenvalue weighted by atomic mass is 127. The van der Waals surface area contributed by atoms with Crippen molar-refractivity contribution in [3.05, 3.63) is 23.3 Å². The van der Waals surface area contributed by atoms with Gasteiger partial charge in [-0.1, -0.05) is 6.92 Å². The number of carbonyl (C=O) groups excluding carboxylic acids is 1. The fourth-order valence-electron chi connectivity index (χ4n) is 4.31. The normalized spacial score (nSPS) is 20.0. The van der Waals surface area contributed by atoms with Crippen LogP contribution in [0.25, 0.3) is 0 Å². The molecule has 2 atom stereocenters. The van der Waals surface area contributed by atoms with Gasteiger partial charge in [0, 0.05) is 44.2 Å². The molecule has 2 unspecified atom stereocenters. The summed E-state index contributed by atoms with van der Waals surface area (Å²) in [7, 11) is 3.51. The number of nitrogens with one attached hydrogen (secondary N) is 2. The Labute approximate surface area is 215 Å². The van der Waals surface area contributed by atoms with Crippen molar-refractivity contribution in [3.63, 3.8) is 0 Å². The fourth-order valence-corrected chi connectivity index (χ4v) is 4.31. The molecule has 1 aromatic carbocycles. The van der Waals surface area contributed by atoms with Crippen LogP contribution in [-0.4, -0.2) is 80.7 Å². The lowest BCUT2D eigenvalue weighted by atomic mass is 10.1. The van der Waals surface area contributed by atoms with Crippen molar-refractivity contribution in [2.24, 2.45) is 4.99 Å². The summed E-state index contributed by atoms with van der Waals surface area (Å²) < 4.78 is 11.8. The molecule has 2 heterocycles. The number of likely N-dealkylation sites (tertiary alicyclic amines) is 1. The number of rotatable bonds is 9. The molecule has 1 saturated heterocycles. The molecule has 0 saturated carbocycles. The molecule has 1 aromatic rings. The number of aliphatic imine (C=N–C) groups is 1. The number of benzene rings is 1. The molecule has 1 amide bonds. The largest absolute Gasteiger partial charge is 0.494 e. The molecule has 0 bridgehead atoms. The van der Waals surface area contributed by atoms with Crippen molar-refractivity contribution in [2.75, 3.05) is 46.9 Å². The summed E-state index contributed by atoms with van der Waals surface area (Å²) in [6.45, 7) is 10.5. The first-order valence-electron chi connectivity index (χ1n) is 11.8. The van der Waals surface area contributed by atoms with Gasteiger partial charge in [-0.05, 0) is 51.9 Å². The number of amides is 1. The van der Waals surface area contributed by atoms with Crippen molar-refractivity contribution in [3.8, 4) is 11.5 Å². The van der Waals surface area contributed by atoms with E-state index in [0.717, 1.165) is 43.1 Å². The Balaban J connectivity index is 0.00000385. The van der Waals surface area contributed by atoms with E-state index in [4.69, 9.17) is 14.5 Å². The standard InChI is InChI=1S/C24H39N5O3.HI/c1-6-29-10-8-9-20(29)15-26-24(27-16-23(30)28(4)5)25-14-19-13-22-18(11-17(3)32-22)12-21(19)31-7-2;/h12-13,17,20H,6-11,14-16H2,1-5H3,(H2,25,26,27);1H. The lowest BCUT2D eigenvalue weighted by molar-refractivity contribution is -0.127. The third kappa shape index (κ3) is 7.63. The van der Waals surface area contributed by atoms with Gasteiger partial charge in [0.05, 0.1) is 19.7 Å². The van der Waals surface area contributed by atoms with Gasteiger partial charge in [-0.15, -0.1) is 24.0 Å². The minimum absolute atomic E-state index is 0. The van der Waals surface area contributed by atoms with Crippen LogP contribution in [-0.2, 0) is 17.8 Å². The number of guanidine groups is 1. The second-order valence-corrected chi connectivity index (χ2v) is 8.75. The second-order valence-electron chi connectivity index (χ2n) is 8.75. The van der Waals surface area contributed by atoms with Gasteiger partial charge in [-0.25, -0.2) is 4.99 Å². The first kappa shape index (κ1) is 27.5. The SMILES string of the molecule is CCOc1cc2c(cc1CN=C(NCC(=O)N(C)C)NCC1CCCN1CC)OC(C)C2.I. The first-order chi connectivity index (χ1) is 15.4. The van der Waals surface area contributed by atoms with Crippen molar-refractivity contribution >= 4 is 35.8 Å². The maximum Gasteiger partial charge on any atom is 0.241 e. The van der Waals surface area contributed by atoms with E-state index in [1.807, 2.05) is 13.0 Å². The smallest absolute Gasteiger partial charge is 0.241 e. The topological polar surface area (TPSA) is 78.4 Å². The van der Waals surface area contributed by atoms with Crippen LogP contribution in [0, 0.1) is 0 Å². The van der Waals surface area contributed by atoms with Crippen LogP contribution in [0.5, 0.6) is 11.5 Å². The minimum Gasteiger partial charge on any atom is -0.494 e. The van der Waals surface area contributed by atoms with Gasteiger partial charge >= 0.3 is 0 Å². The van der Waals surface area contributed by atoms with Gasteiger partial charge in [-0.3, -0.25) is 9.69 Å². The zero-order valence-electron chi connectivity index (χ0n) is 20.6. The van der Waals surface area contributed by atoms with Crippen molar-refractivity contribution in [2.45, 2.75) is 58.7 Å². The summed E-state index contributed by atoms with van der Waals surface area (Å²) in [4.78, 5) is 21.0. The average Bonchev–Trinajstić information content (AvgIpc) is 3.37. The van der Waals surface area contributed by atoms with Gasteiger partial charge in [0.25, 0.3) is 0 Å². The van der Waals surface area contributed by atoms with E-state index in [0.29, 0.717) is 25.2 Å². The Kier molecular flexibility index (Phi) is 11.0. The molecule has 186 valence electrons. The molecule has 3 rings (SSSR count). The monoisotopic (exact) mass is 573 g/mol. The molecule has 9 heteroatoms. The summed E-state index contributed by atoms with van der Waals surface area (Å²) >= 11 is 0. The number of fused-ring (bicyclic) bond motifs is 1. The lowest BCUT2D eigenvalue weighted by Gasteiger charge is -2.24. The van der Waals surface area contributed by atoms with E-state index < -0.39 is 0 Å². The Morgan fingerprint density at radius 2 is 2.09 bits per heavy atom. The van der Waals surface area contributed by atoms with Crippen molar-refractivity contribution < 1.29 is 14.3 Å². The predicted octanol–water partition coefficient (Wildman–Crippen LogP) is 2.63. The van der Waals surface area contributed by atoms with Gasteiger partial charge in [0.15, 0.2) is 5.96 Å². The summed E-state index contributed by atoms with van der Waals surface area (Å²) in [5.74, 6) is 2.41. The molecule has 0 aliphatic carbocycles. The number of nitrogens with zero attached hydrogens (tertiary/aromatic N) is 3. The highest BCUT2D eigenvalue weighted by Crippen LogP contribution is 2.35. The van der Waals surface area contributed by atoms with Crippen LogP contribution in [0.1, 0.15) is 44.7 Å². The van der Waals surface area contributed by atoms with Crippen LogP contribution < -0.4 is 20.1 Å². The Morgan fingerprint density at radius 3 is 2.79 bits per heavy atom. The van der Waals surface area contributed by atoms with E-state index in [-0.39, 0.29) is 42.5 Å². The molecule has 0 radical (unpaired) electrons. The number of hydrogen-bond acceptors (Lipinski definition) is 5. The maximum absolute atomic E-state index is 12.1. The van der Waals surface area contributed by atoms with Crippen molar-refractivity contribution in [1.29, 1.82) is 0 Å². The maximum atomic E-state index is 12.1. The zero-order chi connectivity index (χ0) is 23.1. The fraction of sp³-hybridized carbons (Fsp3) is 0.667. The Bertz CT molecular complexity index is 818. The number of hydrogen-bond donors (Lipinski definition) is 2. The predicted molar refractivity (Wildman–Crippen MR) is 143 cm³/mol. The highest BCUT2D eigenvalue weighted by molar-refractivity contribution is 14.0. The van der Waals surface area contributed by atoms with E-state index >= 15 is 0 Å². The molecular formula is C24H40IN5O3. The van der Waals surface area contributed by atoms with E-state index in [1.54, 1.807) is 19.0 Å². The highest BCUT2D eigenvalue weighted by Gasteiger charge is 2.24. The van der Waals surface area contributed by atoms with Crippen LogP contribution in [0.15, 0.2) is 17.1 Å². The quantitative estimate of drug-likeness (QED) is 0.269. The Hall–Kier alpha value is -1.75. The summed E-state index contributed by atoms with van der Waals surface area (Å²) in [6.07, 6.45) is 3.49. The number of ether oxygens (including phenoxy) is 2. The van der Waals surface area contributed by atoms with Crippen LogP contribution in [0.4, 0.5) is 0 Å². The number of likely N-dealkylation sites (N-methyl/N-ethyl adjacent to an activating group) is 2. The molecule has 0 spiro atoms. The van der Waals surface area contributed by atoms with Gasteiger partial charge in [0.1, 0.15) is 17.6 Å². The van der Waals surface area contributed by atoms with Gasteiger partial charge in [0.2, 0.25) is 5.91 Å². The first-order valence-corrected chi connectivity index (χ1v) is 11.8. The number of carbonyl (C=O) groups is 1. The van der Waals surface area contributed by atoms with Crippen LogP contribution >= 0.6 is 24.0 Å². The summed E-state index contributed by atoms with van der Waals surface area (Å²) in [5.41, 5.74) is 2.17. The molecule has 1 fully saturated rings. The van der Waals surface area contributed by atoms with E-state index in [1.165, 1.54) is 18.4 Å². The van der Waals surface area contributed by atoms with Gasteiger partial charge < -0.3 is 25.0 Å². The molecule has 2 aliphatic rings. The van der Waals surface area contributed by atoms with Crippen LogP contribution in [0.2, 0.25) is 0 Å². The molecule has 8 nitrogen and oxygen atoms in total. The molecule has 2 aliphatic heterocycles. The molecular weight excluding hydrogens is 533 g/mol. The second kappa shape index (κ2) is 13.2. The third-order valence-electron chi connectivity index (χ3n) is 6.10. The molecule has 0 aromatic heterocycles. The third-order valence-corrected chi connectivity index (χ3v) is 6.10. The average molecular weight is 574 g/mol. The zero-order valence-corrected chi connectivity index (χ0v) is 23.0. The van der Waals surface area contributed by atoms with E-state index in [9.17, 15) is 4.79 Å². The van der Waals surface area contributed by atoms with Crippen molar-refractivity contribution in [1.82, 2.24) is 20.4 Å². The summed E-state index contributed by atoms with van der Waals surface area (Å²) in [6, 6.07) is 4.62. The van der Waals surface area contributed by atoms with E-state index in [2.05, 4.69) is 35.4 Å². The lowest BCUT2D eigenvalue weighted by Crippen LogP contribution is -2.47. The molecule has 2 N–H and O–H groups in total.